The number of benzene rings is 1. The van der Waals surface area contributed by atoms with Gasteiger partial charge in [0.15, 0.2) is 5.43 Å². The van der Waals surface area contributed by atoms with Gasteiger partial charge < -0.3 is 14.4 Å². The fourth-order valence-electron chi connectivity index (χ4n) is 2.02. The van der Waals surface area contributed by atoms with Crippen LogP contribution in [0.1, 0.15) is 21.6 Å². The summed E-state index contributed by atoms with van der Waals surface area (Å²) in [6, 6.07) is 8.82. The second-order valence-corrected chi connectivity index (χ2v) is 4.44. The van der Waals surface area contributed by atoms with Crippen LogP contribution < -0.4 is 10.2 Å². The van der Waals surface area contributed by atoms with Crippen LogP contribution in [0.4, 0.5) is 0 Å². The maximum Gasteiger partial charge on any atom is 0.341 e. The summed E-state index contributed by atoms with van der Waals surface area (Å²) in [5.74, 6) is -0.494. The number of methoxy groups -OCH3 is 1. The summed E-state index contributed by atoms with van der Waals surface area (Å²) in [7, 11) is 1.58. The molecular formula is C15H15NO4. The maximum absolute atomic E-state index is 11.6. The van der Waals surface area contributed by atoms with Crippen LogP contribution in [0.2, 0.25) is 0 Å². The highest BCUT2D eigenvalue weighted by Crippen LogP contribution is 2.19. The van der Waals surface area contributed by atoms with Crippen molar-refractivity contribution in [3.8, 4) is 5.75 Å². The topological polar surface area (TPSA) is 68.5 Å². The Bertz CT molecular complexity index is 703. The van der Waals surface area contributed by atoms with Gasteiger partial charge in [-0.25, -0.2) is 4.79 Å². The van der Waals surface area contributed by atoms with Crippen LogP contribution in [-0.2, 0) is 6.54 Å². The number of hydrogen-bond acceptors (Lipinski definition) is 3. The van der Waals surface area contributed by atoms with Crippen molar-refractivity contribution in [2.24, 2.45) is 0 Å². The maximum atomic E-state index is 11.6. The molecule has 0 radical (unpaired) electrons. The predicted molar refractivity (Wildman–Crippen MR) is 74.5 cm³/mol. The van der Waals surface area contributed by atoms with E-state index < -0.39 is 11.4 Å². The standard InChI is InChI=1S/C15H15NO4/c1-10-7-13(17)12(15(18)19)9-16(10)8-11-5-3-4-6-14(11)20-2/h3-7,9H,8H2,1-2H3,(H,18,19). The molecule has 0 aliphatic rings. The molecule has 2 rings (SSSR count). The highest BCUT2D eigenvalue weighted by atomic mass is 16.5. The summed E-state index contributed by atoms with van der Waals surface area (Å²) < 4.78 is 6.99. The minimum absolute atomic E-state index is 0.231. The van der Waals surface area contributed by atoms with Crippen LogP contribution in [0.3, 0.4) is 0 Å². The number of carboxylic acid groups (broad SMARTS) is 1. The lowest BCUT2D eigenvalue weighted by atomic mass is 10.1. The molecule has 0 aliphatic heterocycles. The predicted octanol–water partition coefficient (Wildman–Crippen LogP) is 1.91. The normalized spacial score (nSPS) is 10.3. The first-order valence-corrected chi connectivity index (χ1v) is 6.09. The van der Waals surface area contributed by atoms with Gasteiger partial charge in [0.25, 0.3) is 0 Å². The zero-order valence-electron chi connectivity index (χ0n) is 11.3. The Kier molecular flexibility index (Phi) is 3.89. The van der Waals surface area contributed by atoms with Crippen molar-refractivity contribution >= 4 is 5.97 Å². The number of hydrogen-bond donors (Lipinski definition) is 1. The number of carbonyl (C=O) groups is 1. The molecular weight excluding hydrogens is 258 g/mol. The number of aryl methyl sites for hydroxylation is 1. The molecule has 20 heavy (non-hydrogen) atoms. The van der Waals surface area contributed by atoms with E-state index in [1.807, 2.05) is 24.3 Å². The molecule has 0 amide bonds. The van der Waals surface area contributed by atoms with E-state index in [-0.39, 0.29) is 5.56 Å². The van der Waals surface area contributed by atoms with Crippen molar-refractivity contribution in [2.45, 2.75) is 13.5 Å². The molecule has 0 bridgehead atoms. The molecule has 0 fully saturated rings. The van der Waals surface area contributed by atoms with E-state index in [9.17, 15) is 9.59 Å². The molecule has 1 heterocycles. The summed E-state index contributed by atoms with van der Waals surface area (Å²) in [4.78, 5) is 22.6. The molecule has 104 valence electrons. The first kappa shape index (κ1) is 13.9. The van der Waals surface area contributed by atoms with Crippen molar-refractivity contribution < 1.29 is 14.6 Å². The van der Waals surface area contributed by atoms with Gasteiger partial charge in [0.2, 0.25) is 0 Å². The molecule has 0 spiro atoms. The minimum atomic E-state index is -1.22. The van der Waals surface area contributed by atoms with Gasteiger partial charge in [0, 0.05) is 23.5 Å². The van der Waals surface area contributed by atoms with E-state index >= 15 is 0 Å². The summed E-state index contributed by atoms with van der Waals surface area (Å²) in [5, 5.41) is 9.01. The average molecular weight is 273 g/mol. The molecule has 5 heteroatoms. The minimum Gasteiger partial charge on any atom is -0.496 e. The molecule has 0 unspecified atom stereocenters. The molecule has 0 saturated carbocycles. The average Bonchev–Trinajstić information content (AvgIpc) is 2.42. The lowest BCUT2D eigenvalue weighted by Crippen LogP contribution is -2.19. The summed E-state index contributed by atoms with van der Waals surface area (Å²) in [5.41, 5.74) is 0.903. The Morgan fingerprint density at radius 2 is 2.05 bits per heavy atom. The summed E-state index contributed by atoms with van der Waals surface area (Å²) in [6.45, 7) is 2.21. The van der Waals surface area contributed by atoms with Gasteiger partial charge in [0.05, 0.1) is 13.7 Å². The third-order valence-electron chi connectivity index (χ3n) is 3.11. The largest absolute Gasteiger partial charge is 0.496 e. The molecule has 5 nitrogen and oxygen atoms in total. The Morgan fingerprint density at radius 3 is 2.70 bits per heavy atom. The van der Waals surface area contributed by atoms with Gasteiger partial charge in [-0.2, -0.15) is 0 Å². The smallest absolute Gasteiger partial charge is 0.341 e. The summed E-state index contributed by atoms with van der Waals surface area (Å²) >= 11 is 0. The van der Waals surface area contributed by atoms with Gasteiger partial charge in [-0.3, -0.25) is 4.79 Å². The number of ether oxygens (including phenoxy) is 1. The zero-order valence-corrected chi connectivity index (χ0v) is 11.3. The van der Waals surface area contributed by atoms with Crippen molar-refractivity contribution in [3.63, 3.8) is 0 Å². The lowest BCUT2D eigenvalue weighted by molar-refractivity contribution is 0.0694. The third kappa shape index (κ3) is 2.71. The second-order valence-electron chi connectivity index (χ2n) is 4.44. The number of aromatic nitrogens is 1. The SMILES string of the molecule is COc1ccccc1Cn1cc(C(=O)O)c(=O)cc1C. The number of carboxylic acids is 1. The van der Waals surface area contributed by atoms with Gasteiger partial charge in [-0.1, -0.05) is 18.2 Å². The fraction of sp³-hybridized carbons (Fsp3) is 0.200. The van der Waals surface area contributed by atoms with E-state index in [0.717, 1.165) is 11.3 Å². The fourth-order valence-corrected chi connectivity index (χ4v) is 2.02. The molecule has 0 atom stereocenters. The molecule has 0 aliphatic carbocycles. The third-order valence-corrected chi connectivity index (χ3v) is 3.11. The van der Waals surface area contributed by atoms with E-state index in [1.54, 1.807) is 18.6 Å². The van der Waals surface area contributed by atoms with Crippen LogP contribution >= 0.6 is 0 Å². The zero-order chi connectivity index (χ0) is 14.7. The monoisotopic (exact) mass is 273 g/mol. The van der Waals surface area contributed by atoms with E-state index in [1.165, 1.54) is 12.3 Å². The lowest BCUT2D eigenvalue weighted by Gasteiger charge is -2.14. The van der Waals surface area contributed by atoms with E-state index in [4.69, 9.17) is 9.84 Å². The Labute approximate surface area is 116 Å². The van der Waals surface area contributed by atoms with Crippen LogP contribution in [0.15, 0.2) is 41.3 Å². The number of pyridine rings is 1. The highest BCUT2D eigenvalue weighted by Gasteiger charge is 2.11. The quantitative estimate of drug-likeness (QED) is 0.924. The number of rotatable bonds is 4. The van der Waals surface area contributed by atoms with Gasteiger partial charge in [-0.05, 0) is 13.0 Å². The Morgan fingerprint density at radius 1 is 1.35 bits per heavy atom. The van der Waals surface area contributed by atoms with Crippen molar-refractivity contribution in [3.05, 3.63) is 63.6 Å². The number of para-hydroxylation sites is 1. The van der Waals surface area contributed by atoms with Crippen molar-refractivity contribution in [1.29, 1.82) is 0 Å². The first-order chi connectivity index (χ1) is 9.52. The Hall–Kier alpha value is -2.56. The molecule has 0 saturated heterocycles. The Balaban J connectivity index is 2.46. The van der Waals surface area contributed by atoms with E-state index in [2.05, 4.69) is 0 Å². The van der Waals surface area contributed by atoms with Gasteiger partial charge >= 0.3 is 5.97 Å². The highest BCUT2D eigenvalue weighted by molar-refractivity contribution is 5.87. The van der Waals surface area contributed by atoms with Crippen LogP contribution in [0.25, 0.3) is 0 Å². The molecule has 1 aromatic heterocycles. The summed E-state index contributed by atoms with van der Waals surface area (Å²) in [6.07, 6.45) is 1.37. The first-order valence-electron chi connectivity index (χ1n) is 6.09. The molecule has 1 N–H and O–H groups in total. The van der Waals surface area contributed by atoms with Crippen molar-refractivity contribution in [2.75, 3.05) is 7.11 Å². The van der Waals surface area contributed by atoms with Gasteiger partial charge in [-0.15, -0.1) is 0 Å². The number of nitrogens with zero attached hydrogens (tertiary/aromatic N) is 1. The van der Waals surface area contributed by atoms with Crippen LogP contribution in [0, 0.1) is 6.92 Å². The molecule has 1 aromatic carbocycles. The van der Waals surface area contributed by atoms with Crippen LogP contribution in [-0.4, -0.2) is 22.8 Å². The number of aromatic carboxylic acids is 1. The van der Waals surface area contributed by atoms with E-state index in [0.29, 0.717) is 12.2 Å². The van der Waals surface area contributed by atoms with Crippen molar-refractivity contribution in [1.82, 2.24) is 4.57 Å². The molecule has 2 aromatic rings. The van der Waals surface area contributed by atoms with Crippen LogP contribution in [0.5, 0.6) is 5.75 Å². The van der Waals surface area contributed by atoms with Gasteiger partial charge in [0.1, 0.15) is 11.3 Å². The second kappa shape index (κ2) is 5.61.